The van der Waals surface area contributed by atoms with Gasteiger partial charge < -0.3 is 9.47 Å². The van der Waals surface area contributed by atoms with Crippen molar-refractivity contribution in [1.29, 1.82) is 0 Å². The molecule has 2 heteroatoms. The highest BCUT2D eigenvalue weighted by Gasteiger charge is 2.23. The van der Waals surface area contributed by atoms with Crippen LogP contribution in [0.25, 0.3) is 0 Å². The zero-order chi connectivity index (χ0) is 7.40. The first-order chi connectivity index (χ1) is 4.86. The molecule has 1 heterocycles. The van der Waals surface area contributed by atoms with Gasteiger partial charge in [0.25, 0.3) is 0 Å². The number of epoxide rings is 1. The Hall–Kier alpha value is -0.0800. The van der Waals surface area contributed by atoms with Crippen molar-refractivity contribution in [3.05, 3.63) is 6.92 Å². The van der Waals surface area contributed by atoms with Crippen LogP contribution in [-0.4, -0.2) is 25.4 Å². The second-order valence-corrected chi connectivity index (χ2v) is 2.61. The molecule has 0 aromatic carbocycles. The van der Waals surface area contributed by atoms with Crippen LogP contribution >= 0.6 is 0 Å². The lowest BCUT2D eigenvalue weighted by Crippen LogP contribution is -2.13. The second-order valence-electron chi connectivity index (χ2n) is 2.61. The van der Waals surface area contributed by atoms with Gasteiger partial charge in [0.15, 0.2) is 0 Å². The van der Waals surface area contributed by atoms with Crippen LogP contribution < -0.4 is 0 Å². The van der Waals surface area contributed by atoms with Crippen LogP contribution in [0.15, 0.2) is 0 Å². The fraction of sp³-hybridized carbons (Fsp3) is 0.875. The van der Waals surface area contributed by atoms with E-state index in [0.29, 0.717) is 12.2 Å². The normalized spacial score (nSPS) is 23.7. The largest absolute Gasteiger partial charge is 0.375 e. The summed E-state index contributed by atoms with van der Waals surface area (Å²) in [5.74, 6) is 0. The summed E-state index contributed by atoms with van der Waals surface area (Å²) in [5.41, 5.74) is 0. The average Bonchev–Trinajstić information content (AvgIpc) is 2.74. The molecule has 0 saturated carbocycles. The summed E-state index contributed by atoms with van der Waals surface area (Å²) in [4.78, 5) is 0. The minimum absolute atomic E-state index is 0.337. The Bertz CT molecular complexity index is 85.3. The van der Waals surface area contributed by atoms with Gasteiger partial charge in [0.2, 0.25) is 0 Å². The molecule has 1 radical (unpaired) electrons. The molecule has 0 aromatic heterocycles. The molecule has 0 N–H and O–H groups in total. The summed E-state index contributed by atoms with van der Waals surface area (Å²) in [7, 11) is 0. The van der Waals surface area contributed by atoms with Crippen LogP contribution in [-0.2, 0) is 9.47 Å². The van der Waals surface area contributed by atoms with E-state index in [9.17, 15) is 0 Å². The molecule has 1 rings (SSSR count). The molecule has 10 heavy (non-hydrogen) atoms. The maximum atomic E-state index is 5.48. The quantitative estimate of drug-likeness (QED) is 0.543. The highest BCUT2D eigenvalue weighted by Crippen LogP contribution is 2.11. The molecule has 1 fully saturated rings. The Labute approximate surface area is 62.5 Å². The molecule has 0 amide bonds. The van der Waals surface area contributed by atoms with E-state index in [0.717, 1.165) is 26.1 Å². The van der Waals surface area contributed by atoms with Crippen LogP contribution in [0.5, 0.6) is 0 Å². The highest BCUT2D eigenvalue weighted by atomic mass is 16.6. The van der Waals surface area contributed by atoms with E-state index >= 15 is 0 Å². The monoisotopic (exact) mass is 143 g/mol. The molecule has 0 aliphatic carbocycles. The van der Waals surface area contributed by atoms with Gasteiger partial charge in [0.05, 0.1) is 19.3 Å². The van der Waals surface area contributed by atoms with Gasteiger partial charge in [0, 0.05) is 0 Å². The maximum absolute atomic E-state index is 5.48. The molecule has 2 atom stereocenters. The third kappa shape index (κ3) is 2.67. The topological polar surface area (TPSA) is 21.8 Å². The van der Waals surface area contributed by atoms with Crippen molar-refractivity contribution in [2.45, 2.75) is 32.0 Å². The Morgan fingerprint density at radius 1 is 1.80 bits per heavy atom. The fourth-order valence-corrected chi connectivity index (χ4v) is 0.813. The van der Waals surface area contributed by atoms with Gasteiger partial charge in [-0.2, -0.15) is 0 Å². The van der Waals surface area contributed by atoms with Crippen LogP contribution in [0.4, 0.5) is 0 Å². The molecular formula is C8H15O2. The Morgan fingerprint density at radius 2 is 2.50 bits per heavy atom. The van der Waals surface area contributed by atoms with E-state index in [1.54, 1.807) is 0 Å². The van der Waals surface area contributed by atoms with Crippen molar-refractivity contribution in [2.75, 3.05) is 13.2 Å². The predicted molar refractivity (Wildman–Crippen MR) is 39.7 cm³/mol. The zero-order valence-electron chi connectivity index (χ0n) is 6.51. The molecule has 2 unspecified atom stereocenters. The Morgan fingerprint density at radius 3 is 2.90 bits per heavy atom. The number of ether oxygens (including phenoxy) is 2. The summed E-state index contributed by atoms with van der Waals surface area (Å²) in [6.45, 7) is 7.54. The van der Waals surface area contributed by atoms with Crippen molar-refractivity contribution in [3.8, 4) is 0 Å². The van der Waals surface area contributed by atoms with Crippen molar-refractivity contribution in [3.63, 3.8) is 0 Å². The number of rotatable bonds is 5. The van der Waals surface area contributed by atoms with Gasteiger partial charge in [-0.15, -0.1) is 0 Å². The van der Waals surface area contributed by atoms with Crippen LogP contribution in [0, 0.1) is 6.92 Å². The van der Waals surface area contributed by atoms with Crippen molar-refractivity contribution in [1.82, 2.24) is 0 Å². The standard InChI is InChI=1S/C8H15O2/c1-3-7(4-2)9-5-8-6-10-8/h7-8H,1,3-6H2,2H3. The second kappa shape index (κ2) is 3.94. The third-order valence-corrected chi connectivity index (χ3v) is 1.70. The molecule has 2 nitrogen and oxygen atoms in total. The van der Waals surface area contributed by atoms with Gasteiger partial charge in [-0.1, -0.05) is 13.8 Å². The van der Waals surface area contributed by atoms with Gasteiger partial charge in [-0.05, 0) is 12.8 Å². The molecule has 0 aromatic rings. The summed E-state index contributed by atoms with van der Waals surface area (Å²) >= 11 is 0. The molecule has 1 aliphatic heterocycles. The van der Waals surface area contributed by atoms with E-state index in [-0.39, 0.29) is 0 Å². The zero-order valence-corrected chi connectivity index (χ0v) is 6.51. The summed E-state index contributed by atoms with van der Waals surface area (Å²) in [6.07, 6.45) is 2.64. The smallest absolute Gasteiger partial charge is 0.104 e. The van der Waals surface area contributed by atoms with Crippen molar-refractivity contribution >= 4 is 0 Å². The lowest BCUT2D eigenvalue weighted by Gasteiger charge is -2.11. The molecule has 1 aliphatic rings. The molecule has 1 saturated heterocycles. The molecule has 59 valence electrons. The average molecular weight is 143 g/mol. The lowest BCUT2D eigenvalue weighted by atomic mass is 10.2. The maximum Gasteiger partial charge on any atom is 0.104 e. The first-order valence-corrected chi connectivity index (χ1v) is 3.89. The SMILES string of the molecule is [CH2]CC(CC)OCC1CO1. The number of hydrogen-bond acceptors (Lipinski definition) is 2. The first-order valence-electron chi connectivity index (χ1n) is 3.89. The highest BCUT2D eigenvalue weighted by molar-refractivity contribution is 4.69. The van der Waals surface area contributed by atoms with Gasteiger partial charge in [-0.25, -0.2) is 0 Å². The van der Waals surface area contributed by atoms with E-state index < -0.39 is 0 Å². The van der Waals surface area contributed by atoms with Crippen LogP contribution in [0.3, 0.4) is 0 Å². The third-order valence-electron chi connectivity index (χ3n) is 1.70. The minimum Gasteiger partial charge on any atom is -0.375 e. The van der Waals surface area contributed by atoms with E-state index in [1.165, 1.54) is 0 Å². The fourth-order valence-electron chi connectivity index (χ4n) is 0.813. The van der Waals surface area contributed by atoms with Crippen molar-refractivity contribution < 1.29 is 9.47 Å². The summed E-state index contributed by atoms with van der Waals surface area (Å²) < 4.78 is 10.5. The van der Waals surface area contributed by atoms with Gasteiger partial charge >= 0.3 is 0 Å². The summed E-state index contributed by atoms with van der Waals surface area (Å²) in [6, 6.07) is 0. The Kier molecular flexibility index (Phi) is 3.16. The molecular weight excluding hydrogens is 128 g/mol. The van der Waals surface area contributed by atoms with E-state index in [2.05, 4.69) is 13.8 Å². The Balaban J connectivity index is 1.97. The number of hydrogen-bond donors (Lipinski definition) is 0. The lowest BCUT2D eigenvalue weighted by molar-refractivity contribution is 0.0419. The van der Waals surface area contributed by atoms with Crippen molar-refractivity contribution in [2.24, 2.45) is 0 Å². The first kappa shape index (κ1) is 8.02. The van der Waals surface area contributed by atoms with E-state index in [1.807, 2.05) is 0 Å². The molecule has 0 bridgehead atoms. The molecule has 0 spiro atoms. The summed E-state index contributed by atoms with van der Waals surface area (Å²) in [5, 5.41) is 0. The van der Waals surface area contributed by atoms with Gasteiger partial charge in [-0.3, -0.25) is 0 Å². The van der Waals surface area contributed by atoms with Gasteiger partial charge in [0.1, 0.15) is 6.10 Å². The minimum atomic E-state index is 0.337. The van der Waals surface area contributed by atoms with E-state index in [4.69, 9.17) is 9.47 Å². The van der Waals surface area contributed by atoms with Crippen LogP contribution in [0.1, 0.15) is 19.8 Å². The predicted octanol–water partition coefficient (Wildman–Crippen LogP) is 1.40. The van der Waals surface area contributed by atoms with Crippen LogP contribution in [0.2, 0.25) is 0 Å².